The quantitative estimate of drug-likeness (QED) is 0.379. The molecule has 0 amide bonds. The SMILES string of the molecule is Cc1ccc(C(C)C)c(OCCn2c(C(O)c3ccccc3)nc3cc(C)c(C)cc32)c1. The molecule has 4 nitrogen and oxygen atoms in total. The molecule has 3 aromatic carbocycles. The first-order valence-corrected chi connectivity index (χ1v) is 11.3. The van der Waals surface area contributed by atoms with E-state index in [0.717, 1.165) is 22.3 Å². The van der Waals surface area contributed by atoms with Crippen LogP contribution in [0, 0.1) is 20.8 Å². The summed E-state index contributed by atoms with van der Waals surface area (Å²) in [6, 6.07) is 20.3. The first-order chi connectivity index (χ1) is 15.3. The Balaban J connectivity index is 1.68. The molecule has 0 radical (unpaired) electrons. The second kappa shape index (κ2) is 9.17. The summed E-state index contributed by atoms with van der Waals surface area (Å²) in [6.45, 7) is 11.7. The third-order valence-corrected chi connectivity index (χ3v) is 6.12. The monoisotopic (exact) mass is 428 g/mol. The zero-order valence-electron chi connectivity index (χ0n) is 19.6. The molecule has 0 saturated heterocycles. The molecule has 0 aliphatic carbocycles. The Kier molecular flexibility index (Phi) is 6.33. The van der Waals surface area contributed by atoms with Gasteiger partial charge in [-0.1, -0.05) is 56.3 Å². The fourth-order valence-corrected chi connectivity index (χ4v) is 4.12. The molecule has 0 aliphatic rings. The predicted molar refractivity (Wildman–Crippen MR) is 130 cm³/mol. The lowest BCUT2D eigenvalue weighted by atomic mass is 10.0. The molecule has 0 spiro atoms. The molecule has 0 saturated carbocycles. The van der Waals surface area contributed by atoms with E-state index in [2.05, 4.69) is 69.5 Å². The second-order valence-electron chi connectivity index (χ2n) is 8.90. The van der Waals surface area contributed by atoms with Gasteiger partial charge in [-0.2, -0.15) is 0 Å². The largest absolute Gasteiger partial charge is 0.491 e. The number of nitrogens with zero attached hydrogens (tertiary/aromatic N) is 2. The minimum absolute atomic E-state index is 0.390. The van der Waals surface area contributed by atoms with E-state index in [-0.39, 0.29) is 0 Å². The highest BCUT2D eigenvalue weighted by Crippen LogP contribution is 2.29. The molecule has 1 atom stereocenters. The predicted octanol–water partition coefficient (Wildman–Crippen LogP) is 6.25. The smallest absolute Gasteiger partial charge is 0.143 e. The summed E-state index contributed by atoms with van der Waals surface area (Å²) in [6.07, 6.45) is -0.797. The van der Waals surface area contributed by atoms with Crippen LogP contribution in [0.5, 0.6) is 5.75 Å². The molecule has 1 unspecified atom stereocenters. The number of hydrogen-bond donors (Lipinski definition) is 1. The summed E-state index contributed by atoms with van der Waals surface area (Å²) in [7, 11) is 0. The van der Waals surface area contributed by atoms with Gasteiger partial charge < -0.3 is 14.4 Å². The van der Waals surface area contributed by atoms with Gasteiger partial charge >= 0.3 is 0 Å². The maximum atomic E-state index is 11.2. The van der Waals surface area contributed by atoms with Gasteiger partial charge in [0.05, 0.1) is 17.6 Å². The minimum Gasteiger partial charge on any atom is -0.491 e. The van der Waals surface area contributed by atoms with E-state index in [0.29, 0.717) is 24.9 Å². The molecule has 4 heteroatoms. The number of hydrogen-bond acceptors (Lipinski definition) is 3. The van der Waals surface area contributed by atoms with Crippen LogP contribution in [-0.4, -0.2) is 21.3 Å². The summed E-state index contributed by atoms with van der Waals surface area (Å²) < 4.78 is 8.37. The minimum atomic E-state index is -0.797. The van der Waals surface area contributed by atoms with Crippen molar-refractivity contribution in [1.29, 1.82) is 0 Å². The Morgan fingerprint density at radius 1 is 0.938 bits per heavy atom. The average molecular weight is 429 g/mol. The Labute approximate surface area is 190 Å². The topological polar surface area (TPSA) is 47.3 Å². The number of aliphatic hydroxyl groups excluding tert-OH is 1. The summed E-state index contributed by atoms with van der Waals surface area (Å²) in [5, 5.41) is 11.2. The van der Waals surface area contributed by atoms with Gasteiger partial charge in [0.25, 0.3) is 0 Å². The van der Waals surface area contributed by atoms with Crippen molar-refractivity contribution < 1.29 is 9.84 Å². The Hall–Kier alpha value is -3.11. The van der Waals surface area contributed by atoms with Gasteiger partial charge in [-0.15, -0.1) is 0 Å². The molecular weight excluding hydrogens is 396 g/mol. The van der Waals surface area contributed by atoms with Gasteiger partial charge in [0.15, 0.2) is 0 Å². The van der Waals surface area contributed by atoms with Crippen LogP contribution < -0.4 is 4.74 Å². The maximum Gasteiger partial charge on any atom is 0.143 e. The number of aromatic nitrogens is 2. The van der Waals surface area contributed by atoms with Crippen molar-refractivity contribution in [1.82, 2.24) is 9.55 Å². The molecule has 4 aromatic rings. The van der Waals surface area contributed by atoms with Crippen LogP contribution in [-0.2, 0) is 6.54 Å². The zero-order chi connectivity index (χ0) is 22.8. The number of aryl methyl sites for hydroxylation is 3. The van der Waals surface area contributed by atoms with E-state index in [1.54, 1.807) is 0 Å². The van der Waals surface area contributed by atoms with Crippen LogP contribution in [0.15, 0.2) is 60.7 Å². The van der Waals surface area contributed by atoms with Crippen molar-refractivity contribution in [3.8, 4) is 5.75 Å². The highest BCUT2D eigenvalue weighted by molar-refractivity contribution is 5.78. The van der Waals surface area contributed by atoms with E-state index in [9.17, 15) is 5.11 Å². The van der Waals surface area contributed by atoms with Crippen LogP contribution in [0.3, 0.4) is 0 Å². The fourth-order valence-electron chi connectivity index (χ4n) is 4.12. The summed E-state index contributed by atoms with van der Waals surface area (Å²) in [4.78, 5) is 4.83. The molecule has 0 aliphatic heterocycles. The van der Waals surface area contributed by atoms with Crippen molar-refractivity contribution in [2.45, 2.75) is 53.2 Å². The van der Waals surface area contributed by atoms with Gasteiger partial charge in [0, 0.05) is 0 Å². The van der Waals surface area contributed by atoms with Crippen LogP contribution in [0.25, 0.3) is 11.0 Å². The number of rotatable bonds is 7. The number of fused-ring (bicyclic) bond motifs is 1. The summed E-state index contributed by atoms with van der Waals surface area (Å²) >= 11 is 0. The lowest BCUT2D eigenvalue weighted by molar-refractivity contribution is 0.201. The molecule has 1 aromatic heterocycles. The van der Waals surface area contributed by atoms with E-state index < -0.39 is 6.10 Å². The standard InChI is InChI=1S/C28H32N2O2/c1-18(2)23-12-11-19(3)15-26(23)32-14-13-30-25-17-21(5)20(4)16-24(25)29-28(30)27(31)22-9-7-6-8-10-22/h6-12,15-18,27,31H,13-14H2,1-5H3. The van der Waals surface area contributed by atoms with E-state index in [4.69, 9.17) is 9.72 Å². The molecule has 32 heavy (non-hydrogen) atoms. The molecule has 4 rings (SSSR count). The van der Waals surface area contributed by atoms with Gasteiger partial charge in [0.2, 0.25) is 0 Å². The highest BCUT2D eigenvalue weighted by atomic mass is 16.5. The lowest BCUT2D eigenvalue weighted by Crippen LogP contribution is -2.15. The van der Waals surface area contributed by atoms with Gasteiger partial charge in [-0.05, 0) is 72.7 Å². The van der Waals surface area contributed by atoms with Crippen molar-refractivity contribution in [2.75, 3.05) is 6.61 Å². The van der Waals surface area contributed by atoms with Gasteiger partial charge in [-0.25, -0.2) is 4.98 Å². The van der Waals surface area contributed by atoms with Crippen LogP contribution in [0.2, 0.25) is 0 Å². The second-order valence-corrected chi connectivity index (χ2v) is 8.90. The van der Waals surface area contributed by atoms with Crippen molar-refractivity contribution in [2.24, 2.45) is 0 Å². The Bertz CT molecular complexity index is 1230. The van der Waals surface area contributed by atoms with Gasteiger partial charge in [0.1, 0.15) is 24.3 Å². The number of benzene rings is 3. The van der Waals surface area contributed by atoms with Crippen LogP contribution in [0.4, 0.5) is 0 Å². The normalized spacial score (nSPS) is 12.5. The number of imidazole rings is 1. The van der Waals surface area contributed by atoms with E-state index in [1.807, 2.05) is 30.3 Å². The van der Waals surface area contributed by atoms with Gasteiger partial charge in [-0.3, -0.25) is 0 Å². The lowest BCUT2D eigenvalue weighted by Gasteiger charge is -2.17. The third-order valence-electron chi connectivity index (χ3n) is 6.12. The molecule has 1 N–H and O–H groups in total. The third kappa shape index (κ3) is 4.42. The number of aliphatic hydroxyl groups is 1. The van der Waals surface area contributed by atoms with E-state index in [1.165, 1.54) is 22.3 Å². The molecule has 166 valence electrons. The molecule has 1 heterocycles. The molecular formula is C28H32N2O2. The van der Waals surface area contributed by atoms with Crippen LogP contribution >= 0.6 is 0 Å². The molecule has 0 fully saturated rings. The summed E-state index contributed by atoms with van der Waals surface area (Å²) in [5.74, 6) is 1.97. The first kappa shape index (κ1) is 22.1. The number of ether oxygens (including phenoxy) is 1. The fraction of sp³-hybridized carbons (Fsp3) is 0.321. The first-order valence-electron chi connectivity index (χ1n) is 11.3. The highest BCUT2D eigenvalue weighted by Gasteiger charge is 2.20. The van der Waals surface area contributed by atoms with Crippen LogP contribution in [0.1, 0.15) is 59.5 Å². The van der Waals surface area contributed by atoms with E-state index >= 15 is 0 Å². The zero-order valence-corrected chi connectivity index (χ0v) is 19.6. The van der Waals surface area contributed by atoms with Crippen molar-refractivity contribution in [3.05, 3.63) is 94.3 Å². The summed E-state index contributed by atoms with van der Waals surface area (Å²) in [5.41, 5.74) is 7.55. The van der Waals surface area contributed by atoms with Crippen molar-refractivity contribution >= 4 is 11.0 Å². The Morgan fingerprint density at radius 3 is 2.38 bits per heavy atom. The van der Waals surface area contributed by atoms with Crippen molar-refractivity contribution in [3.63, 3.8) is 0 Å². The molecule has 0 bridgehead atoms. The Morgan fingerprint density at radius 2 is 1.66 bits per heavy atom. The maximum absolute atomic E-state index is 11.2. The average Bonchev–Trinajstić information content (AvgIpc) is 3.11.